The Labute approximate surface area is 149 Å². The van der Waals surface area contributed by atoms with Crippen LogP contribution in [0.1, 0.15) is 32.6 Å². The molecule has 0 aliphatic heterocycles. The highest BCUT2D eigenvalue weighted by atomic mass is 32.2. The summed E-state index contributed by atoms with van der Waals surface area (Å²) in [5.41, 5.74) is 0.503. The molecule has 1 aromatic carbocycles. The summed E-state index contributed by atoms with van der Waals surface area (Å²) in [5, 5.41) is 3.58. The van der Waals surface area contributed by atoms with Crippen LogP contribution in [0.5, 0.6) is 0 Å². The summed E-state index contributed by atoms with van der Waals surface area (Å²) in [6.45, 7) is 2.18. The first-order chi connectivity index (χ1) is 11.4. The van der Waals surface area contributed by atoms with E-state index < -0.39 is 16.1 Å². The number of nitrogens with one attached hydrogen (secondary N) is 1. The molecule has 0 radical (unpaired) electrons. The molecule has 1 N–H and O–H groups in total. The van der Waals surface area contributed by atoms with E-state index >= 15 is 0 Å². The highest BCUT2D eigenvalue weighted by Gasteiger charge is 2.28. The van der Waals surface area contributed by atoms with Crippen molar-refractivity contribution in [1.29, 1.82) is 0 Å². The van der Waals surface area contributed by atoms with E-state index in [1.54, 1.807) is 31.2 Å². The van der Waals surface area contributed by atoms with Crippen LogP contribution in [0.25, 0.3) is 0 Å². The van der Waals surface area contributed by atoms with Crippen molar-refractivity contribution in [2.24, 2.45) is 0 Å². The van der Waals surface area contributed by atoms with Crippen molar-refractivity contribution in [2.45, 2.75) is 43.9 Å². The third-order valence-corrected chi connectivity index (χ3v) is 6.78. The van der Waals surface area contributed by atoms with Gasteiger partial charge < -0.3 is 5.32 Å². The molecule has 1 unspecified atom stereocenters. The van der Waals surface area contributed by atoms with Gasteiger partial charge in [-0.1, -0.05) is 31.0 Å². The average molecular weight is 371 g/mol. The van der Waals surface area contributed by atoms with Gasteiger partial charge in [0.05, 0.1) is 11.9 Å². The fourth-order valence-corrected chi connectivity index (χ4v) is 5.38. The molecule has 24 heavy (non-hydrogen) atoms. The largest absolute Gasteiger partial charge is 0.353 e. The van der Waals surface area contributed by atoms with Gasteiger partial charge >= 0.3 is 0 Å². The molecular weight excluding hydrogens is 344 g/mol. The smallest absolute Gasteiger partial charge is 0.243 e. The van der Waals surface area contributed by atoms with Crippen molar-refractivity contribution in [3.63, 3.8) is 0 Å². The van der Waals surface area contributed by atoms with Gasteiger partial charge in [0.15, 0.2) is 0 Å². The molecule has 1 aliphatic carbocycles. The van der Waals surface area contributed by atoms with Gasteiger partial charge in [-0.15, -0.1) is 0 Å². The molecule has 2 rings (SSSR count). The van der Waals surface area contributed by atoms with Crippen molar-refractivity contribution in [3.8, 4) is 0 Å². The van der Waals surface area contributed by atoms with E-state index in [0.717, 1.165) is 17.3 Å². The quantitative estimate of drug-likeness (QED) is 0.715. The third-order valence-electron chi connectivity index (χ3n) is 4.16. The molecule has 1 atom stereocenters. The molecule has 5 nitrogen and oxygen atoms in total. The fourth-order valence-electron chi connectivity index (χ4n) is 2.99. The minimum atomic E-state index is -3.54. The van der Waals surface area contributed by atoms with Crippen molar-refractivity contribution >= 4 is 33.4 Å². The Kier molecular flexibility index (Phi) is 6.98. The second kappa shape index (κ2) is 8.76. The molecule has 1 fully saturated rings. The number of carbonyl (C=O) groups excluding carboxylic acids is 1. The predicted octanol–water partition coefficient (Wildman–Crippen LogP) is 2.63. The Morgan fingerprint density at radius 2 is 1.92 bits per heavy atom. The number of sulfonamides is 1. The van der Waals surface area contributed by atoms with E-state index in [9.17, 15) is 13.2 Å². The number of nitrogens with zero attached hydrogens (tertiary/aromatic N) is 1. The number of para-hydroxylation sites is 1. The first-order valence-electron chi connectivity index (χ1n) is 8.33. The number of amides is 1. The van der Waals surface area contributed by atoms with Gasteiger partial charge in [-0.05, 0) is 31.9 Å². The molecule has 1 aliphatic rings. The summed E-state index contributed by atoms with van der Waals surface area (Å²) < 4.78 is 25.4. The lowest BCUT2D eigenvalue weighted by Gasteiger charge is -2.28. The number of carbonyl (C=O) groups is 1. The van der Waals surface area contributed by atoms with E-state index in [4.69, 9.17) is 0 Å². The summed E-state index contributed by atoms with van der Waals surface area (Å²) in [5.74, 6) is 0.601. The molecule has 1 amide bonds. The maximum atomic E-state index is 12.4. The lowest BCUT2D eigenvalue weighted by molar-refractivity contribution is -0.121. The molecule has 0 saturated heterocycles. The molecule has 1 aromatic rings. The Bertz CT molecular complexity index is 628. The van der Waals surface area contributed by atoms with Gasteiger partial charge in [-0.25, -0.2) is 8.42 Å². The number of thioether (sulfide) groups is 1. The number of anilines is 1. The second-order valence-corrected chi connectivity index (χ2v) is 9.41. The summed E-state index contributed by atoms with van der Waals surface area (Å²) >= 11 is 1.90. The van der Waals surface area contributed by atoms with Crippen molar-refractivity contribution in [1.82, 2.24) is 5.32 Å². The van der Waals surface area contributed by atoms with Crippen LogP contribution in [0.15, 0.2) is 30.3 Å². The van der Waals surface area contributed by atoms with Crippen LogP contribution in [-0.2, 0) is 14.8 Å². The first kappa shape index (κ1) is 19.1. The van der Waals surface area contributed by atoms with Crippen LogP contribution in [0.3, 0.4) is 0 Å². The average Bonchev–Trinajstić information content (AvgIpc) is 3.04. The fraction of sp³-hybridized carbons (Fsp3) is 0.588. The molecular formula is C17H26N2O3S2. The van der Waals surface area contributed by atoms with Crippen LogP contribution in [-0.4, -0.2) is 44.2 Å². The van der Waals surface area contributed by atoms with Crippen LogP contribution >= 0.6 is 11.8 Å². The van der Waals surface area contributed by atoms with E-state index in [1.165, 1.54) is 30.0 Å². The zero-order valence-electron chi connectivity index (χ0n) is 14.3. The van der Waals surface area contributed by atoms with Gasteiger partial charge in [0.25, 0.3) is 0 Å². The van der Waals surface area contributed by atoms with Gasteiger partial charge in [0, 0.05) is 17.5 Å². The van der Waals surface area contributed by atoms with E-state index in [2.05, 4.69) is 5.32 Å². The van der Waals surface area contributed by atoms with Gasteiger partial charge in [0.2, 0.25) is 15.9 Å². The van der Waals surface area contributed by atoms with Crippen molar-refractivity contribution < 1.29 is 13.2 Å². The number of rotatable bonds is 8. The van der Waals surface area contributed by atoms with Gasteiger partial charge in [-0.3, -0.25) is 9.10 Å². The predicted molar refractivity (Wildman–Crippen MR) is 101 cm³/mol. The normalized spacial score (nSPS) is 16.8. The zero-order valence-corrected chi connectivity index (χ0v) is 15.9. The lowest BCUT2D eigenvalue weighted by atomic mass is 10.2. The Balaban J connectivity index is 1.91. The summed E-state index contributed by atoms with van der Waals surface area (Å²) in [6, 6.07) is 7.95. The number of benzene rings is 1. The lowest BCUT2D eigenvalue weighted by Crippen LogP contribution is -2.48. The second-order valence-electron chi connectivity index (χ2n) is 6.14. The molecule has 0 bridgehead atoms. The maximum Gasteiger partial charge on any atom is 0.243 e. The summed E-state index contributed by atoms with van der Waals surface area (Å²) in [7, 11) is -3.54. The number of hydrogen-bond acceptors (Lipinski definition) is 4. The van der Waals surface area contributed by atoms with E-state index in [-0.39, 0.29) is 5.91 Å². The Morgan fingerprint density at radius 1 is 1.29 bits per heavy atom. The van der Waals surface area contributed by atoms with Crippen LogP contribution in [0.4, 0.5) is 5.69 Å². The molecule has 0 spiro atoms. The minimum absolute atomic E-state index is 0.267. The van der Waals surface area contributed by atoms with Gasteiger partial charge in [0.1, 0.15) is 6.04 Å². The van der Waals surface area contributed by atoms with Crippen LogP contribution < -0.4 is 9.62 Å². The summed E-state index contributed by atoms with van der Waals surface area (Å²) in [6.07, 6.45) is 6.28. The highest BCUT2D eigenvalue weighted by Crippen LogP contribution is 2.28. The molecule has 1 saturated carbocycles. The molecule has 134 valence electrons. The van der Waals surface area contributed by atoms with Gasteiger partial charge in [-0.2, -0.15) is 11.8 Å². The summed E-state index contributed by atoms with van der Waals surface area (Å²) in [4.78, 5) is 12.4. The topological polar surface area (TPSA) is 66.5 Å². The van der Waals surface area contributed by atoms with Crippen LogP contribution in [0, 0.1) is 0 Å². The van der Waals surface area contributed by atoms with Crippen molar-refractivity contribution in [3.05, 3.63) is 30.3 Å². The molecule has 0 heterocycles. The minimum Gasteiger partial charge on any atom is -0.353 e. The monoisotopic (exact) mass is 370 g/mol. The molecule has 7 heteroatoms. The first-order valence-corrected chi connectivity index (χ1v) is 11.2. The Hall–Kier alpha value is -1.21. The van der Waals surface area contributed by atoms with E-state index in [1.807, 2.05) is 17.8 Å². The molecule has 0 aromatic heterocycles. The number of hydrogen-bond donors (Lipinski definition) is 1. The zero-order chi connectivity index (χ0) is 17.6. The standard InChI is InChI=1S/C17H26N2O3S2/c1-14(17(20)18-12-13-23-16-10-6-7-11-16)19(24(2,21)22)15-8-4-3-5-9-15/h3-5,8-9,14,16H,6-7,10-13H2,1-2H3,(H,18,20). The maximum absolute atomic E-state index is 12.4. The third kappa shape index (κ3) is 5.41. The highest BCUT2D eigenvalue weighted by molar-refractivity contribution is 7.99. The SMILES string of the molecule is CC(C(=O)NCCSC1CCCC1)N(c1ccccc1)S(C)(=O)=O. The Morgan fingerprint density at radius 3 is 2.50 bits per heavy atom. The van der Waals surface area contributed by atoms with E-state index in [0.29, 0.717) is 12.2 Å². The van der Waals surface area contributed by atoms with Crippen LogP contribution in [0.2, 0.25) is 0 Å². The van der Waals surface area contributed by atoms with Crippen molar-refractivity contribution in [2.75, 3.05) is 22.9 Å².